The van der Waals surface area contributed by atoms with Crippen LogP contribution in [-0.4, -0.2) is 119 Å². The van der Waals surface area contributed by atoms with Gasteiger partial charge in [-0.2, -0.15) is 10.2 Å². The van der Waals surface area contributed by atoms with Crippen molar-refractivity contribution in [1.82, 2.24) is 9.80 Å². The highest BCUT2D eigenvalue weighted by atomic mass is 35.5. The molecule has 0 aromatic carbocycles. The van der Waals surface area contributed by atoms with Crippen molar-refractivity contribution >= 4 is 36.5 Å². The Bertz CT molecular complexity index is 531. The fraction of sp³-hybridized carbons (Fsp3) is 0.875. The van der Waals surface area contributed by atoms with E-state index in [1.165, 1.54) is 0 Å². The quantitative estimate of drug-likeness (QED) is 0.326. The normalized spacial score (nSPS) is 20.9. The van der Waals surface area contributed by atoms with E-state index in [-0.39, 0.29) is 51.2 Å². The lowest BCUT2D eigenvalue weighted by molar-refractivity contribution is 0.204. The van der Waals surface area contributed by atoms with Gasteiger partial charge in [-0.1, -0.05) is 0 Å². The molecule has 0 fully saturated rings. The highest BCUT2D eigenvalue weighted by molar-refractivity contribution is 5.94. The van der Waals surface area contributed by atoms with Gasteiger partial charge in [-0.15, -0.1) is 24.8 Å². The van der Waals surface area contributed by atoms with Gasteiger partial charge < -0.3 is 30.2 Å². The number of aliphatic imine (C=N–C) groups is 2. The van der Waals surface area contributed by atoms with Gasteiger partial charge in [0.15, 0.2) is 11.1 Å². The van der Waals surface area contributed by atoms with Crippen LogP contribution < -0.4 is 0 Å². The van der Waals surface area contributed by atoms with Crippen molar-refractivity contribution in [2.24, 2.45) is 20.2 Å². The predicted molar refractivity (Wildman–Crippen MR) is 112 cm³/mol. The van der Waals surface area contributed by atoms with E-state index in [0.717, 1.165) is 0 Å². The van der Waals surface area contributed by atoms with Gasteiger partial charge in [0.2, 0.25) is 0 Å². The van der Waals surface area contributed by atoms with Crippen molar-refractivity contribution in [2.75, 3.05) is 65.7 Å². The van der Waals surface area contributed by atoms with Gasteiger partial charge in [0.1, 0.15) is 11.7 Å². The zero-order chi connectivity index (χ0) is 19.2. The summed E-state index contributed by atoms with van der Waals surface area (Å²) >= 11 is 0. The standard InChI is InChI=1S/C16H30N6O4.2ClH/c1-15(11-25,13-17-3-5-21(13)7-9-23)19-20-16(2,12-26)14-18-4-6-22(14)8-10-24;;/h23-26H,3-12H2,1-2H3;2*1H. The maximum Gasteiger partial charge on any atom is 0.158 e. The molecule has 2 unspecified atom stereocenters. The molecule has 0 radical (unpaired) electrons. The van der Waals surface area contributed by atoms with E-state index >= 15 is 0 Å². The maximum absolute atomic E-state index is 9.94. The fourth-order valence-electron chi connectivity index (χ4n) is 3.18. The molecule has 0 aromatic heterocycles. The first-order valence-electron chi connectivity index (χ1n) is 8.91. The largest absolute Gasteiger partial charge is 0.395 e. The van der Waals surface area contributed by atoms with Crippen LogP contribution in [0.15, 0.2) is 20.2 Å². The number of hydrogen-bond donors (Lipinski definition) is 4. The van der Waals surface area contributed by atoms with Gasteiger partial charge in [-0.05, 0) is 13.8 Å². The lowest BCUT2D eigenvalue weighted by Gasteiger charge is -2.32. The van der Waals surface area contributed by atoms with Crippen molar-refractivity contribution < 1.29 is 20.4 Å². The van der Waals surface area contributed by atoms with Gasteiger partial charge in [-0.25, -0.2) is 0 Å². The third kappa shape index (κ3) is 5.74. The van der Waals surface area contributed by atoms with Crippen LogP contribution in [-0.2, 0) is 0 Å². The summed E-state index contributed by atoms with van der Waals surface area (Å²) in [6.45, 7) is 6.13. The molecule has 4 N–H and O–H groups in total. The first-order chi connectivity index (χ1) is 12.4. The number of halogens is 2. The Kier molecular flexibility index (Phi) is 11.4. The predicted octanol–water partition coefficient (Wildman–Crippen LogP) is -0.803. The molecular formula is C16H32Cl2N6O4. The summed E-state index contributed by atoms with van der Waals surface area (Å²) < 4.78 is 0. The molecule has 2 aliphatic heterocycles. The van der Waals surface area contributed by atoms with Gasteiger partial charge in [0.25, 0.3) is 0 Å². The number of β-amino-alcohol motifs (C(OH)–C–C–N with tert-alkyl or cyclic N) is 2. The molecule has 0 aromatic rings. The Hall–Kier alpha value is -1.04. The molecule has 0 spiro atoms. The Morgan fingerprint density at radius 3 is 1.43 bits per heavy atom. The molecule has 2 heterocycles. The molecule has 28 heavy (non-hydrogen) atoms. The summed E-state index contributed by atoms with van der Waals surface area (Å²) in [5.74, 6) is 1.16. The van der Waals surface area contributed by atoms with Crippen molar-refractivity contribution in [1.29, 1.82) is 0 Å². The van der Waals surface area contributed by atoms with Crippen LogP contribution in [0.5, 0.6) is 0 Å². The molecule has 0 amide bonds. The van der Waals surface area contributed by atoms with Crippen molar-refractivity contribution in [3.63, 3.8) is 0 Å². The second kappa shape index (κ2) is 11.8. The highest BCUT2D eigenvalue weighted by Crippen LogP contribution is 2.25. The minimum Gasteiger partial charge on any atom is -0.395 e. The zero-order valence-corrected chi connectivity index (χ0v) is 18.0. The third-order valence-electron chi connectivity index (χ3n) is 4.67. The van der Waals surface area contributed by atoms with Crippen LogP contribution in [0.4, 0.5) is 0 Å². The van der Waals surface area contributed by atoms with Crippen molar-refractivity contribution in [3.8, 4) is 0 Å². The molecule has 0 aliphatic carbocycles. The topological polar surface area (TPSA) is 137 Å². The van der Waals surface area contributed by atoms with Crippen LogP contribution in [0.1, 0.15) is 13.8 Å². The molecule has 0 bridgehead atoms. The number of azo groups is 1. The Morgan fingerprint density at radius 1 is 0.786 bits per heavy atom. The Labute approximate surface area is 177 Å². The highest BCUT2D eigenvalue weighted by Gasteiger charge is 2.40. The SMILES string of the molecule is CC(CO)(N=NC(C)(CO)C1=NCCN1CCO)C1=NCCN1CCO.Cl.Cl. The van der Waals surface area contributed by atoms with E-state index in [9.17, 15) is 20.4 Å². The van der Waals surface area contributed by atoms with Gasteiger partial charge in [0, 0.05) is 26.2 Å². The number of aliphatic hydroxyl groups excluding tert-OH is 4. The lowest BCUT2D eigenvalue weighted by atomic mass is 10.0. The summed E-state index contributed by atoms with van der Waals surface area (Å²) in [6, 6.07) is 0. The molecule has 12 heteroatoms. The molecular weight excluding hydrogens is 411 g/mol. The molecule has 2 atom stereocenters. The molecule has 0 saturated carbocycles. The van der Waals surface area contributed by atoms with Gasteiger partial charge in [-0.3, -0.25) is 9.98 Å². The smallest absolute Gasteiger partial charge is 0.158 e. The Balaban J connectivity index is 0.00000364. The number of aliphatic hydroxyl groups is 4. The fourth-order valence-corrected chi connectivity index (χ4v) is 3.18. The summed E-state index contributed by atoms with van der Waals surface area (Å²) in [5, 5.41) is 47.0. The van der Waals surface area contributed by atoms with E-state index in [4.69, 9.17) is 0 Å². The van der Waals surface area contributed by atoms with Crippen molar-refractivity contribution in [2.45, 2.75) is 24.9 Å². The van der Waals surface area contributed by atoms with Crippen LogP contribution in [0.2, 0.25) is 0 Å². The number of hydrogen-bond acceptors (Lipinski definition) is 10. The van der Waals surface area contributed by atoms with Crippen LogP contribution in [0.3, 0.4) is 0 Å². The number of nitrogens with zero attached hydrogens (tertiary/aromatic N) is 6. The molecule has 10 nitrogen and oxygen atoms in total. The number of amidine groups is 2. The molecule has 2 aliphatic rings. The Morgan fingerprint density at radius 2 is 1.14 bits per heavy atom. The zero-order valence-electron chi connectivity index (χ0n) is 16.4. The molecule has 0 saturated heterocycles. The summed E-state index contributed by atoms with van der Waals surface area (Å²) in [7, 11) is 0. The average Bonchev–Trinajstić information content (AvgIpc) is 3.30. The van der Waals surface area contributed by atoms with E-state index in [1.807, 2.05) is 9.80 Å². The molecule has 2 rings (SSSR count). The van der Waals surface area contributed by atoms with E-state index in [0.29, 0.717) is 50.9 Å². The average molecular weight is 443 g/mol. The second-order valence-corrected chi connectivity index (χ2v) is 6.90. The van der Waals surface area contributed by atoms with Gasteiger partial charge >= 0.3 is 0 Å². The summed E-state index contributed by atoms with van der Waals surface area (Å²) in [6.07, 6.45) is 0. The van der Waals surface area contributed by atoms with Crippen LogP contribution in [0.25, 0.3) is 0 Å². The summed E-state index contributed by atoms with van der Waals surface area (Å²) in [4.78, 5) is 12.6. The van der Waals surface area contributed by atoms with E-state index in [2.05, 4.69) is 20.2 Å². The lowest BCUT2D eigenvalue weighted by Crippen LogP contribution is -2.49. The first-order valence-corrected chi connectivity index (χ1v) is 8.91. The van der Waals surface area contributed by atoms with E-state index < -0.39 is 11.1 Å². The minimum absolute atomic E-state index is 0. The monoisotopic (exact) mass is 442 g/mol. The van der Waals surface area contributed by atoms with Crippen LogP contribution >= 0.6 is 24.8 Å². The maximum atomic E-state index is 9.94. The first kappa shape index (κ1) is 27.0. The van der Waals surface area contributed by atoms with Crippen LogP contribution in [0, 0.1) is 0 Å². The second-order valence-electron chi connectivity index (χ2n) is 6.90. The molecule has 164 valence electrons. The van der Waals surface area contributed by atoms with E-state index in [1.54, 1.807) is 13.8 Å². The minimum atomic E-state index is -1.07. The number of rotatable bonds is 10. The third-order valence-corrected chi connectivity index (χ3v) is 4.67. The summed E-state index contributed by atoms with van der Waals surface area (Å²) in [5.41, 5.74) is -2.13. The van der Waals surface area contributed by atoms with Gasteiger partial charge in [0.05, 0.1) is 39.5 Å². The van der Waals surface area contributed by atoms with Crippen molar-refractivity contribution in [3.05, 3.63) is 0 Å².